The Hall–Kier alpha value is -3.76. The van der Waals surface area contributed by atoms with E-state index in [1.807, 2.05) is 60.7 Å². The van der Waals surface area contributed by atoms with E-state index >= 15 is 0 Å². The van der Waals surface area contributed by atoms with Gasteiger partial charge in [0.1, 0.15) is 0 Å². The molecule has 2 aromatic carbocycles. The van der Waals surface area contributed by atoms with Gasteiger partial charge < -0.3 is 18.9 Å². The highest BCUT2D eigenvalue weighted by molar-refractivity contribution is 5.96. The molecule has 2 aromatic rings. The number of carbonyl (C=O) groups is 4. The Morgan fingerprint density at radius 1 is 0.524 bits per heavy atom. The molecule has 1 fully saturated rings. The fourth-order valence-electron chi connectivity index (χ4n) is 5.46. The maximum absolute atomic E-state index is 13.2. The summed E-state index contributed by atoms with van der Waals surface area (Å²) in [6.07, 6.45) is 0. The Labute approximate surface area is 247 Å². The number of hydrogen-bond acceptors (Lipinski definition) is 10. The lowest BCUT2D eigenvalue weighted by atomic mass is 9.89. The van der Waals surface area contributed by atoms with Crippen LogP contribution in [-0.2, 0) is 38.1 Å². The molecule has 42 heavy (non-hydrogen) atoms. The predicted molar refractivity (Wildman–Crippen MR) is 155 cm³/mol. The van der Waals surface area contributed by atoms with Crippen LogP contribution >= 0.6 is 0 Å². The van der Waals surface area contributed by atoms with Gasteiger partial charge in [0.2, 0.25) is 0 Å². The maximum atomic E-state index is 13.2. The van der Waals surface area contributed by atoms with Crippen LogP contribution < -0.4 is 0 Å². The molecular weight excluding hydrogens is 540 g/mol. The average Bonchev–Trinajstić information content (AvgIpc) is 3.00. The van der Waals surface area contributed by atoms with Gasteiger partial charge >= 0.3 is 23.9 Å². The summed E-state index contributed by atoms with van der Waals surface area (Å²) >= 11 is 0. The Bertz CT molecular complexity index is 1020. The highest BCUT2D eigenvalue weighted by atomic mass is 16.6. The minimum Gasteiger partial charge on any atom is -0.465 e. The summed E-state index contributed by atoms with van der Waals surface area (Å²) in [5, 5.41) is 0. The Morgan fingerprint density at radius 3 is 1.02 bits per heavy atom. The second kappa shape index (κ2) is 16.6. The molecular formula is C32H42N2O8. The predicted octanol–water partition coefficient (Wildman–Crippen LogP) is 3.57. The first-order chi connectivity index (χ1) is 20.4. The minimum atomic E-state index is -1.18. The van der Waals surface area contributed by atoms with Crippen LogP contribution in [0, 0.1) is 11.8 Å². The monoisotopic (exact) mass is 582 g/mol. The Kier molecular flexibility index (Phi) is 13.0. The number of hydrogen-bond donors (Lipinski definition) is 0. The molecule has 0 spiro atoms. The smallest absolute Gasteiger partial charge is 0.322 e. The molecule has 228 valence electrons. The third-order valence-electron chi connectivity index (χ3n) is 7.21. The highest BCUT2D eigenvalue weighted by Gasteiger charge is 2.46. The van der Waals surface area contributed by atoms with Gasteiger partial charge in [0.05, 0.1) is 38.5 Å². The molecule has 0 bridgehead atoms. The molecule has 1 heterocycles. The molecule has 0 aromatic heterocycles. The molecule has 1 saturated heterocycles. The molecule has 0 aliphatic carbocycles. The number of rotatable bonds is 14. The van der Waals surface area contributed by atoms with Crippen LogP contribution in [0.2, 0.25) is 0 Å². The second-order valence-corrected chi connectivity index (χ2v) is 9.75. The first-order valence-electron chi connectivity index (χ1n) is 14.6. The highest BCUT2D eigenvalue weighted by Crippen LogP contribution is 2.36. The largest absolute Gasteiger partial charge is 0.465 e. The van der Waals surface area contributed by atoms with E-state index in [9.17, 15) is 19.2 Å². The van der Waals surface area contributed by atoms with Crippen LogP contribution in [0.25, 0.3) is 0 Å². The number of nitrogens with zero attached hydrogens (tertiary/aromatic N) is 2. The quantitative estimate of drug-likeness (QED) is 0.186. The summed E-state index contributed by atoms with van der Waals surface area (Å²) in [6, 6.07) is 17.5. The second-order valence-electron chi connectivity index (χ2n) is 9.75. The van der Waals surface area contributed by atoms with E-state index < -0.39 is 47.8 Å². The van der Waals surface area contributed by atoms with Crippen LogP contribution in [0.15, 0.2) is 60.7 Å². The number of carbonyl (C=O) groups excluding carboxylic acids is 4. The van der Waals surface area contributed by atoms with Crippen molar-refractivity contribution in [1.29, 1.82) is 0 Å². The van der Waals surface area contributed by atoms with Crippen molar-refractivity contribution in [1.82, 2.24) is 9.80 Å². The Morgan fingerprint density at radius 2 is 0.786 bits per heavy atom. The van der Waals surface area contributed by atoms with E-state index in [1.54, 1.807) is 27.7 Å². The lowest BCUT2D eigenvalue weighted by Gasteiger charge is -2.44. The van der Waals surface area contributed by atoms with E-state index in [2.05, 4.69) is 9.80 Å². The van der Waals surface area contributed by atoms with E-state index in [0.29, 0.717) is 26.2 Å². The van der Waals surface area contributed by atoms with Gasteiger partial charge in [-0.15, -0.1) is 0 Å². The lowest BCUT2D eigenvalue weighted by molar-refractivity contribution is -0.169. The summed E-state index contributed by atoms with van der Waals surface area (Å²) in [5.41, 5.74) is 1.57. The van der Waals surface area contributed by atoms with Gasteiger partial charge in [0, 0.05) is 26.2 Å². The molecule has 0 N–H and O–H groups in total. The van der Waals surface area contributed by atoms with E-state index in [0.717, 1.165) is 11.1 Å². The van der Waals surface area contributed by atoms with Crippen LogP contribution in [0.1, 0.15) is 50.9 Å². The Balaban J connectivity index is 1.97. The molecule has 10 heteroatoms. The van der Waals surface area contributed by atoms with Crippen molar-refractivity contribution in [3.63, 3.8) is 0 Å². The van der Waals surface area contributed by atoms with Gasteiger partial charge in [-0.25, -0.2) is 0 Å². The molecule has 2 unspecified atom stereocenters. The van der Waals surface area contributed by atoms with Gasteiger partial charge in [0.25, 0.3) is 0 Å². The number of benzene rings is 2. The van der Waals surface area contributed by atoms with E-state index in [-0.39, 0.29) is 26.4 Å². The van der Waals surface area contributed by atoms with Crippen LogP contribution in [-0.4, -0.2) is 86.3 Å². The van der Waals surface area contributed by atoms with Gasteiger partial charge in [-0.2, -0.15) is 0 Å². The van der Waals surface area contributed by atoms with Crippen LogP contribution in [0.3, 0.4) is 0 Å². The van der Waals surface area contributed by atoms with Crippen LogP contribution in [0.4, 0.5) is 0 Å². The molecule has 1 aliphatic rings. The number of piperazine rings is 1. The zero-order valence-electron chi connectivity index (χ0n) is 24.9. The summed E-state index contributed by atoms with van der Waals surface area (Å²) in [7, 11) is 0. The molecule has 0 saturated carbocycles. The van der Waals surface area contributed by atoms with Gasteiger partial charge in [0.15, 0.2) is 11.8 Å². The first-order valence-corrected chi connectivity index (χ1v) is 14.6. The summed E-state index contributed by atoms with van der Waals surface area (Å²) in [5.74, 6) is -4.93. The average molecular weight is 583 g/mol. The van der Waals surface area contributed by atoms with Crippen molar-refractivity contribution in [3.05, 3.63) is 71.8 Å². The van der Waals surface area contributed by atoms with Crippen LogP contribution in [0.5, 0.6) is 0 Å². The van der Waals surface area contributed by atoms with Crippen molar-refractivity contribution < 1.29 is 38.1 Å². The molecule has 10 nitrogen and oxygen atoms in total. The maximum Gasteiger partial charge on any atom is 0.322 e. The fourth-order valence-corrected chi connectivity index (χ4v) is 5.46. The van der Waals surface area contributed by atoms with Crippen molar-refractivity contribution in [2.24, 2.45) is 11.8 Å². The van der Waals surface area contributed by atoms with Crippen molar-refractivity contribution >= 4 is 23.9 Å². The van der Waals surface area contributed by atoms with E-state index in [4.69, 9.17) is 18.9 Å². The van der Waals surface area contributed by atoms with Crippen molar-refractivity contribution in [2.45, 2.75) is 39.8 Å². The third-order valence-corrected chi connectivity index (χ3v) is 7.21. The topological polar surface area (TPSA) is 112 Å². The molecule has 2 atom stereocenters. The number of ether oxygens (including phenoxy) is 4. The van der Waals surface area contributed by atoms with Crippen molar-refractivity contribution in [2.75, 3.05) is 52.6 Å². The third kappa shape index (κ3) is 8.17. The normalized spacial score (nSPS) is 15.6. The first kappa shape index (κ1) is 32.8. The summed E-state index contributed by atoms with van der Waals surface area (Å²) < 4.78 is 21.3. The molecule has 3 rings (SSSR count). The fraction of sp³-hybridized carbons (Fsp3) is 0.500. The lowest BCUT2D eigenvalue weighted by Crippen LogP contribution is -2.54. The van der Waals surface area contributed by atoms with Crippen molar-refractivity contribution in [3.8, 4) is 0 Å². The molecule has 1 aliphatic heterocycles. The molecule has 0 radical (unpaired) electrons. The van der Waals surface area contributed by atoms with Gasteiger partial charge in [-0.05, 0) is 38.8 Å². The standard InChI is InChI=1S/C32H42N2O8/c1-5-39-29(35)25(30(36)40-6-2)27(23-15-11-9-12-16-23)33-19-21-34(22-20-33)28(24-17-13-10-14-18-24)26(31(37)41-7-3)32(38)42-8-4/h9-18,25-28H,5-8,19-22H2,1-4H3. The molecule has 0 amide bonds. The van der Waals surface area contributed by atoms with Gasteiger partial charge in [-0.1, -0.05) is 60.7 Å². The van der Waals surface area contributed by atoms with Gasteiger partial charge in [-0.3, -0.25) is 29.0 Å². The van der Waals surface area contributed by atoms with E-state index in [1.165, 1.54) is 0 Å². The zero-order chi connectivity index (χ0) is 30.5. The number of esters is 4. The minimum absolute atomic E-state index is 0.131. The zero-order valence-corrected chi connectivity index (χ0v) is 24.9. The summed E-state index contributed by atoms with van der Waals surface area (Å²) in [6.45, 7) is 9.08. The summed E-state index contributed by atoms with van der Waals surface area (Å²) in [4.78, 5) is 56.8. The SMILES string of the molecule is CCOC(=O)C(C(=O)OCC)C(c1ccccc1)N1CCN(C(c2ccccc2)C(C(=O)OCC)C(=O)OCC)CC1.